The van der Waals surface area contributed by atoms with Crippen molar-refractivity contribution in [3.8, 4) is 5.75 Å². The molecule has 2 amide bonds. The number of para-hydroxylation sites is 1. The van der Waals surface area contributed by atoms with Gasteiger partial charge < -0.3 is 25.2 Å². The number of nitrogens with zero attached hydrogens (tertiary/aromatic N) is 1. The smallest absolute Gasteiger partial charge is 0.247 e. The van der Waals surface area contributed by atoms with E-state index >= 15 is 0 Å². The highest BCUT2D eigenvalue weighted by atomic mass is 127. The molecule has 1 aromatic rings. The highest BCUT2D eigenvalue weighted by molar-refractivity contribution is 14.1. The summed E-state index contributed by atoms with van der Waals surface area (Å²) in [7, 11) is 0. The van der Waals surface area contributed by atoms with E-state index in [2.05, 4.69) is 34.8 Å². The molecule has 0 bridgehead atoms. The third kappa shape index (κ3) is 11.5. The second kappa shape index (κ2) is 19.6. The summed E-state index contributed by atoms with van der Waals surface area (Å²) >= 11 is 2.20. The Morgan fingerprint density at radius 3 is 2.33 bits per heavy atom. The Hall–Kier alpha value is -1.65. The molecule has 0 saturated heterocycles. The Morgan fingerprint density at radius 2 is 1.67 bits per heavy atom. The third-order valence-corrected chi connectivity index (χ3v) is 9.60. The van der Waals surface area contributed by atoms with Gasteiger partial charge >= 0.3 is 0 Å². The lowest BCUT2D eigenvalue weighted by molar-refractivity contribution is -0.140. The van der Waals surface area contributed by atoms with Crippen LogP contribution in [-0.2, 0) is 9.59 Å². The van der Waals surface area contributed by atoms with Gasteiger partial charge in [-0.2, -0.15) is 0 Å². The molecule has 1 fully saturated rings. The summed E-state index contributed by atoms with van der Waals surface area (Å²) in [6.07, 6.45) is 17.2. The summed E-state index contributed by atoms with van der Waals surface area (Å²) in [6, 6.07) is 7.05. The van der Waals surface area contributed by atoms with E-state index in [4.69, 9.17) is 4.74 Å². The lowest BCUT2D eigenvalue weighted by Gasteiger charge is -2.42. The minimum atomic E-state index is -0.967. The van der Waals surface area contributed by atoms with Crippen LogP contribution in [0.2, 0.25) is 0 Å². The van der Waals surface area contributed by atoms with Crippen molar-refractivity contribution >= 4 is 34.4 Å². The summed E-state index contributed by atoms with van der Waals surface area (Å²) in [5, 5.41) is 23.7. The molecule has 1 saturated carbocycles. The molecule has 3 N–H and O–H groups in total. The fraction of sp³-hybridized carbons (Fsp3) is 0.706. The van der Waals surface area contributed by atoms with Gasteiger partial charge in [0.1, 0.15) is 18.0 Å². The minimum Gasteiger partial charge on any atom is -0.482 e. The number of unbranched alkanes of at least 4 members (excludes halogenated alkanes) is 8. The van der Waals surface area contributed by atoms with E-state index in [0.717, 1.165) is 35.7 Å². The molecule has 3 rings (SSSR count). The van der Waals surface area contributed by atoms with E-state index in [1.165, 1.54) is 57.8 Å². The van der Waals surface area contributed by atoms with Crippen LogP contribution in [0.1, 0.15) is 110 Å². The molecule has 2 aliphatic carbocycles. The largest absolute Gasteiger partial charge is 0.482 e. The molecule has 0 aliphatic heterocycles. The lowest BCUT2D eigenvalue weighted by Crippen LogP contribution is -2.56. The zero-order valence-corrected chi connectivity index (χ0v) is 27.7. The molecule has 3 unspecified atom stereocenters. The number of rotatable bonds is 18. The number of amides is 2. The van der Waals surface area contributed by atoms with E-state index in [0.29, 0.717) is 30.2 Å². The molecule has 3 atom stereocenters. The monoisotopic (exact) mass is 696 g/mol. The van der Waals surface area contributed by atoms with Gasteiger partial charge in [-0.1, -0.05) is 89.7 Å². The number of aliphatic hydroxyl groups is 2. The Kier molecular flexibility index (Phi) is 16.2. The Labute approximate surface area is 267 Å². The predicted octanol–water partition coefficient (Wildman–Crippen LogP) is 6.54. The van der Waals surface area contributed by atoms with Crippen LogP contribution in [0.25, 0.3) is 0 Å². The van der Waals surface area contributed by atoms with Crippen LogP contribution < -0.4 is 10.1 Å². The lowest BCUT2D eigenvalue weighted by atomic mass is 9.85. The fourth-order valence-corrected chi connectivity index (χ4v) is 6.78. The number of carbonyl (C=O) groups is 2. The van der Waals surface area contributed by atoms with Crippen molar-refractivity contribution in [2.24, 2.45) is 5.92 Å². The quantitative estimate of drug-likeness (QED) is 0.120. The average molecular weight is 697 g/mol. The van der Waals surface area contributed by atoms with Gasteiger partial charge in [-0.25, -0.2) is 0 Å². The summed E-state index contributed by atoms with van der Waals surface area (Å²) in [6.45, 7) is 2.84. The van der Waals surface area contributed by atoms with E-state index < -0.39 is 18.2 Å². The second-order valence-electron chi connectivity index (χ2n) is 12.1. The van der Waals surface area contributed by atoms with Gasteiger partial charge in [0.15, 0.2) is 0 Å². The normalized spacial score (nSPS) is 21.0. The van der Waals surface area contributed by atoms with Crippen LogP contribution in [-0.4, -0.2) is 64.9 Å². The second-order valence-corrected chi connectivity index (χ2v) is 13.2. The van der Waals surface area contributed by atoms with Crippen LogP contribution in [0, 0.1) is 9.49 Å². The molecule has 0 heterocycles. The molecular weight excluding hydrogens is 643 g/mol. The molecule has 0 radical (unpaired) electrons. The van der Waals surface area contributed by atoms with Crippen molar-refractivity contribution in [1.82, 2.24) is 10.2 Å². The number of carbonyl (C=O) groups excluding carboxylic acids is 2. The van der Waals surface area contributed by atoms with Crippen molar-refractivity contribution < 1.29 is 24.5 Å². The van der Waals surface area contributed by atoms with Gasteiger partial charge in [0.05, 0.1) is 16.2 Å². The molecule has 7 nitrogen and oxygen atoms in total. The summed E-state index contributed by atoms with van der Waals surface area (Å²) in [5.41, 5.74) is 0.485. The first-order chi connectivity index (χ1) is 20.4. The number of benzene rings is 1. The van der Waals surface area contributed by atoms with Gasteiger partial charge in [-0.3, -0.25) is 9.59 Å². The molecule has 0 spiro atoms. The Bertz CT molecular complexity index is 980. The fourth-order valence-electron chi connectivity index (χ4n) is 6.27. The minimum absolute atomic E-state index is 0.0672. The molecule has 0 aromatic heterocycles. The first-order valence-corrected chi connectivity index (χ1v) is 17.5. The standard InChI is InChI=1S/C34H53IN2O5/c1-2-3-4-5-6-7-8-9-13-20-32(39)37(25-26-16-11-10-12-17-26)29-23-27(34(41)36-21-22-38)24-31(33(29)40)42-30-19-15-14-18-28(30)35/h14-15,18-19,24,26,29,31,33,38,40H,2-13,16-17,20-23,25H2,1H3,(H,36,41). The zero-order valence-electron chi connectivity index (χ0n) is 25.6. The average Bonchev–Trinajstić information content (AvgIpc) is 3.00. The van der Waals surface area contributed by atoms with E-state index in [1.54, 1.807) is 6.08 Å². The number of hydrogen-bond acceptors (Lipinski definition) is 5. The molecule has 8 heteroatoms. The highest BCUT2D eigenvalue weighted by Gasteiger charge is 2.41. The molecule has 1 aromatic carbocycles. The Balaban J connectivity index is 1.73. The van der Waals surface area contributed by atoms with Crippen molar-refractivity contribution in [3.05, 3.63) is 39.5 Å². The Morgan fingerprint density at radius 1 is 1.00 bits per heavy atom. The maximum absolute atomic E-state index is 13.9. The first kappa shape index (κ1) is 34.8. The number of hydrogen-bond donors (Lipinski definition) is 3. The molecule has 42 heavy (non-hydrogen) atoms. The maximum atomic E-state index is 13.9. The van der Waals surface area contributed by atoms with Crippen LogP contribution in [0.4, 0.5) is 0 Å². The van der Waals surface area contributed by atoms with Gasteiger partial charge in [0.2, 0.25) is 11.8 Å². The first-order valence-electron chi connectivity index (χ1n) is 16.4. The summed E-state index contributed by atoms with van der Waals surface area (Å²) in [5.74, 6) is 0.818. The molecule has 2 aliphatic rings. The zero-order chi connectivity index (χ0) is 30.2. The SMILES string of the molecule is CCCCCCCCCCCC(=O)N(CC1CCCCC1)C1CC(C(=O)NCCO)=CC(Oc2ccccc2I)C1O. The van der Waals surface area contributed by atoms with Crippen LogP contribution in [0.5, 0.6) is 5.75 Å². The van der Waals surface area contributed by atoms with Crippen LogP contribution in [0.15, 0.2) is 35.9 Å². The highest BCUT2D eigenvalue weighted by Crippen LogP contribution is 2.32. The van der Waals surface area contributed by atoms with Crippen molar-refractivity contribution in [1.29, 1.82) is 0 Å². The third-order valence-electron chi connectivity index (χ3n) is 8.71. The summed E-state index contributed by atoms with van der Waals surface area (Å²) in [4.78, 5) is 28.8. The van der Waals surface area contributed by atoms with Gasteiger partial charge in [0.25, 0.3) is 0 Å². The van der Waals surface area contributed by atoms with Crippen LogP contribution >= 0.6 is 22.6 Å². The van der Waals surface area contributed by atoms with Gasteiger partial charge in [-0.15, -0.1) is 0 Å². The van der Waals surface area contributed by atoms with E-state index in [1.807, 2.05) is 29.2 Å². The van der Waals surface area contributed by atoms with Crippen molar-refractivity contribution in [2.75, 3.05) is 19.7 Å². The van der Waals surface area contributed by atoms with Crippen molar-refractivity contribution in [3.63, 3.8) is 0 Å². The number of aliphatic hydroxyl groups excluding tert-OH is 2. The maximum Gasteiger partial charge on any atom is 0.247 e. The number of halogens is 1. The molecule has 236 valence electrons. The van der Waals surface area contributed by atoms with Gasteiger partial charge in [-0.05, 0) is 66.0 Å². The number of ether oxygens (including phenoxy) is 1. The summed E-state index contributed by atoms with van der Waals surface area (Å²) < 4.78 is 7.20. The van der Waals surface area contributed by atoms with Gasteiger partial charge in [0, 0.05) is 31.5 Å². The molecular formula is C34H53IN2O5. The topological polar surface area (TPSA) is 99.1 Å². The number of nitrogens with one attached hydrogen (secondary N) is 1. The predicted molar refractivity (Wildman–Crippen MR) is 176 cm³/mol. The van der Waals surface area contributed by atoms with Crippen LogP contribution in [0.3, 0.4) is 0 Å². The van der Waals surface area contributed by atoms with E-state index in [9.17, 15) is 19.8 Å². The van der Waals surface area contributed by atoms with E-state index in [-0.39, 0.29) is 31.4 Å². The van der Waals surface area contributed by atoms with Crippen molar-refractivity contribution in [2.45, 2.75) is 128 Å².